The molecule has 2 aromatic rings. The molecule has 2 aromatic carbocycles. The van der Waals surface area contributed by atoms with E-state index in [0.717, 1.165) is 12.1 Å². The molecule has 136 valence electrons. The minimum Gasteiger partial charge on any atom is -0.506 e. The molecular weight excluding hydrogens is 358 g/mol. The van der Waals surface area contributed by atoms with E-state index in [1.165, 1.54) is 24.3 Å². The molecule has 0 heterocycles. The molecule has 0 saturated heterocycles. The second kappa shape index (κ2) is 8.08. The van der Waals surface area contributed by atoms with Gasteiger partial charge in [0.15, 0.2) is 0 Å². The van der Waals surface area contributed by atoms with E-state index in [9.17, 15) is 19.8 Å². The van der Waals surface area contributed by atoms with Crippen molar-refractivity contribution in [2.75, 3.05) is 5.43 Å². The molecule has 27 heavy (non-hydrogen) atoms. The van der Waals surface area contributed by atoms with Gasteiger partial charge >= 0.3 is 11.9 Å². The topological polar surface area (TPSA) is 188 Å². The zero-order valence-electron chi connectivity index (χ0n) is 13.4. The Labute approximate surface area is 151 Å². The Morgan fingerprint density at radius 2 is 1.56 bits per heavy atom. The summed E-state index contributed by atoms with van der Waals surface area (Å²) in [5, 5.41) is 56.8. The number of hydrazone groups is 1. The fourth-order valence-electron chi connectivity index (χ4n) is 1.78. The van der Waals surface area contributed by atoms with Crippen LogP contribution >= 0.6 is 0 Å². The zero-order chi connectivity index (χ0) is 20.0. The van der Waals surface area contributed by atoms with Crippen LogP contribution in [-0.2, 0) is 0 Å². The molecule has 0 atom stereocenters. The lowest BCUT2D eigenvalue weighted by molar-refractivity contribution is 0.0686. The largest absolute Gasteiger partial charge is 0.506 e. The normalized spacial score (nSPS) is 11.1. The lowest BCUT2D eigenvalue weighted by Crippen LogP contribution is -1.99. The summed E-state index contributed by atoms with van der Waals surface area (Å²) in [4.78, 5) is 21.6. The standard InChI is InChI=1S/C16H11N5O6/c17-7-14(20-18-10-3-1-8(15(24)25)5-12(10)22)21-19-11-4-2-9(16(26)27)6-13(11)23/h1-6,18,22-23H,(H,24,25)(H,26,27)/b20-14+,21-19?. The Morgan fingerprint density at radius 3 is 2.07 bits per heavy atom. The molecule has 0 aromatic heterocycles. The Morgan fingerprint density at radius 1 is 0.963 bits per heavy atom. The molecule has 0 bridgehead atoms. The molecule has 5 N–H and O–H groups in total. The van der Waals surface area contributed by atoms with Crippen LogP contribution in [0.5, 0.6) is 11.5 Å². The number of carboxylic acid groups (broad SMARTS) is 2. The van der Waals surface area contributed by atoms with Crippen molar-refractivity contribution in [3.63, 3.8) is 0 Å². The number of nitriles is 1. The van der Waals surface area contributed by atoms with Gasteiger partial charge in [0.2, 0.25) is 0 Å². The number of phenols is 2. The number of carbonyl (C=O) groups is 2. The Hall–Kier alpha value is -4.46. The first-order valence-corrected chi connectivity index (χ1v) is 7.10. The number of rotatable bonds is 5. The monoisotopic (exact) mass is 369 g/mol. The SMILES string of the molecule is N#C/C(N=Nc1ccc(C(=O)O)cc1O)=N\Nc1ccc(C(=O)O)cc1O. The van der Waals surface area contributed by atoms with Crippen LogP contribution in [-0.4, -0.2) is 38.2 Å². The highest BCUT2D eigenvalue weighted by Crippen LogP contribution is 2.28. The van der Waals surface area contributed by atoms with E-state index in [4.69, 9.17) is 15.5 Å². The van der Waals surface area contributed by atoms with Gasteiger partial charge in [0, 0.05) is 0 Å². The Balaban J connectivity index is 2.18. The lowest BCUT2D eigenvalue weighted by atomic mass is 10.2. The maximum atomic E-state index is 10.8. The summed E-state index contributed by atoms with van der Waals surface area (Å²) in [6, 6.07) is 8.43. The predicted molar refractivity (Wildman–Crippen MR) is 91.3 cm³/mol. The van der Waals surface area contributed by atoms with Crippen LogP contribution in [0.4, 0.5) is 11.4 Å². The summed E-state index contributed by atoms with van der Waals surface area (Å²) in [6.45, 7) is 0. The van der Waals surface area contributed by atoms with Gasteiger partial charge in [-0.1, -0.05) is 0 Å². The molecule has 11 heteroatoms. The number of azo groups is 1. The maximum Gasteiger partial charge on any atom is 0.335 e. The van der Waals surface area contributed by atoms with Gasteiger partial charge < -0.3 is 20.4 Å². The van der Waals surface area contributed by atoms with Gasteiger partial charge in [0.1, 0.15) is 23.3 Å². The lowest BCUT2D eigenvalue weighted by Gasteiger charge is -2.04. The van der Waals surface area contributed by atoms with Gasteiger partial charge in [-0.2, -0.15) is 5.26 Å². The quantitative estimate of drug-likeness (QED) is 0.175. The van der Waals surface area contributed by atoms with E-state index in [1.54, 1.807) is 6.07 Å². The van der Waals surface area contributed by atoms with E-state index in [0.29, 0.717) is 0 Å². The van der Waals surface area contributed by atoms with Crippen molar-refractivity contribution in [2.45, 2.75) is 0 Å². The van der Waals surface area contributed by atoms with Crippen molar-refractivity contribution in [2.24, 2.45) is 15.3 Å². The van der Waals surface area contributed by atoms with Crippen LogP contribution in [0.2, 0.25) is 0 Å². The van der Waals surface area contributed by atoms with Crippen LogP contribution in [0.3, 0.4) is 0 Å². The number of phenolic OH excluding ortho intramolecular Hbond substituents is 2. The third kappa shape index (κ3) is 4.77. The van der Waals surface area contributed by atoms with Crippen molar-refractivity contribution in [1.29, 1.82) is 5.26 Å². The van der Waals surface area contributed by atoms with Gasteiger partial charge in [0.05, 0.1) is 16.8 Å². The third-order valence-corrected chi connectivity index (χ3v) is 3.10. The van der Waals surface area contributed by atoms with Gasteiger partial charge in [-0.3, -0.25) is 5.43 Å². The molecule has 0 saturated carbocycles. The summed E-state index contributed by atoms with van der Waals surface area (Å²) < 4.78 is 0. The van der Waals surface area contributed by atoms with Gasteiger partial charge in [-0.15, -0.1) is 15.3 Å². The summed E-state index contributed by atoms with van der Waals surface area (Å²) in [7, 11) is 0. The van der Waals surface area contributed by atoms with Crippen LogP contribution in [0.25, 0.3) is 0 Å². The van der Waals surface area contributed by atoms with Crippen molar-refractivity contribution >= 4 is 29.1 Å². The molecule has 0 fully saturated rings. The molecule has 0 unspecified atom stereocenters. The highest BCUT2D eigenvalue weighted by Gasteiger charge is 2.09. The molecule has 0 spiro atoms. The summed E-state index contributed by atoms with van der Waals surface area (Å²) >= 11 is 0. The highest BCUT2D eigenvalue weighted by atomic mass is 16.4. The number of carboxylic acids is 2. The number of aromatic hydroxyl groups is 2. The molecular formula is C16H11N5O6. The zero-order valence-corrected chi connectivity index (χ0v) is 13.4. The minimum atomic E-state index is -1.23. The predicted octanol–water partition coefficient (Wildman–Crippen LogP) is 2.53. The van der Waals surface area contributed by atoms with E-state index in [-0.39, 0.29) is 22.5 Å². The summed E-state index contributed by atoms with van der Waals surface area (Å²) in [5.41, 5.74) is 1.98. The molecule has 2 rings (SSSR count). The molecule has 0 radical (unpaired) electrons. The number of nitrogens with one attached hydrogen (secondary N) is 1. The number of hydrogen-bond acceptors (Lipinski definition) is 8. The number of nitrogens with zero attached hydrogens (tertiary/aromatic N) is 4. The Kier molecular flexibility index (Phi) is 5.65. The smallest absolute Gasteiger partial charge is 0.335 e. The second-order valence-corrected chi connectivity index (χ2v) is 4.90. The maximum absolute atomic E-state index is 10.8. The van der Waals surface area contributed by atoms with Crippen molar-refractivity contribution in [1.82, 2.24) is 0 Å². The summed E-state index contributed by atoms with van der Waals surface area (Å²) in [5.74, 6) is -3.79. The van der Waals surface area contributed by atoms with Crippen molar-refractivity contribution < 1.29 is 30.0 Å². The van der Waals surface area contributed by atoms with E-state index < -0.39 is 29.3 Å². The van der Waals surface area contributed by atoms with Gasteiger partial charge in [-0.25, -0.2) is 9.59 Å². The first-order valence-electron chi connectivity index (χ1n) is 7.10. The van der Waals surface area contributed by atoms with E-state index in [1.807, 2.05) is 0 Å². The third-order valence-electron chi connectivity index (χ3n) is 3.10. The number of anilines is 1. The summed E-state index contributed by atoms with van der Waals surface area (Å²) in [6.07, 6.45) is 0. The first-order chi connectivity index (χ1) is 12.8. The van der Waals surface area contributed by atoms with E-state index in [2.05, 4.69) is 20.8 Å². The molecule has 0 amide bonds. The fourth-order valence-corrected chi connectivity index (χ4v) is 1.78. The molecule has 11 nitrogen and oxygen atoms in total. The highest BCUT2D eigenvalue weighted by molar-refractivity contribution is 5.97. The van der Waals surface area contributed by atoms with Crippen LogP contribution in [0.1, 0.15) is 20.7 Å². The van der Waals surface area contributed by atoms with Crippen LogP contribution in [0, 0.1) is 11.3 Å². The Bertz CT molecular complexity index is 1010. The van der Waals surface area contributed by atoms with Crippen molar-refractivity contribution in [3.8, 4) is 17.6 Å². The average molecular weight is 369 g/mol. The van der Waals surface area contributed by atoms with Crippen molar-refractivity contribution in [3.05, 3.63) is 47.5 Å². The van der Waals surface area contributed by atoms with Gasteiger partial charge in [0.25, 0.3) is 5.84 Å². The molecule has 0 aliphatic carbocycles. The molecule has 0 aliphatic rings. The van der Waals surface area contributed by atoms with Crippen LogP contribution < -0.4 is 5.43 Å². The van der Waals surface area contributed by atoms with Crippen LogP contribution in [0.15, 0.2) is 51.7 Å². The first kappa shape index (κ1) is 18.9. The number of benzene rings is 2. The number of aromatic carboxylic acids is 2. The number of hydrogen-bond donors (Lipinski definition) is 5. The minimum absolute atomic E-state index is 0.0246. The second-order valence-electron chi connectivity index (χ2n) is 4.90. The van der Waals surface area contributed by atoms with Gasteiger partial charge in [-0.05, 0) is 36.4 Å². The average Bonchev–Trinajstić information content (AvgIpc) is 2.63. The van der Waals surface area contributed by atoms with E-state index >= 15 is 0 Å². The fraction of sp³-hybridized carbons (Fsp3) is 0. The molecule has 0 aliphatic heterocycles. The number of amidine groups is 1.